The molecule has 0 atom stereocenters. The van der Waals surface area contributed by atoms with Gasteiger partial charge in [-0.15, -0.1) is 0 Å². The number of halogens is 2. The summed E-state index contributed by atoms with van der Waals surface area (Å²) >= 11 is 12.2. The van der Waals surface area contributed by atoms with Crippen molar-refractivity contribution in [3.8, 4) is 0 Å². The van der Waals surface area contributed by atoms with E-state index in [1.165, 1.54) is 0 Å². The van der Waals surface area contributed by atoms with Crippen molar-refractivity contribution >= 4 is 40.1 Å². The van der Waals surface area contributed by atoms with Crippen LogP contribution in [0.15, 0.2) is 12.1 Å². The minimum Gasteiger partial charge on any atom is -0.478 e. The Morgan fingerprint density at radius 1 is 1.15 bits per heavy atom. The van der Waals surface area contributed by atoms with Gasteiger partial charge in [0, 0.05) is 11.1 Å². The van der Waals surface area contributed by atoms with Gasteiger partial charge in [-0.05, 0) is 37.3 Å². The molecule has 104 valence electrons. The van der Waals surface area contributed by atoms with Gasteiger partial charge in [-0.2, -0.15) is 0 Å². The summed E-state index contributed by atoms with van der Waals surface area (Å²) in [7, 11) is 0. The van der Waals surface area contributed by atoms with E-state index in [0.717, 1.165) is 43.4 Å². The second kappa shape index (κ2) is 5.23. The minimum atomic E-state index is -0.922. The Bertz CT molecular complexity index is 713. The molecule has 0 saturated heterocycles. The van der Waals surface area contributed by atoms with Crippen LogP contribution in [-0.4, -0.2) is 16.1 Å². The summed E-state index contributed by atoms with van der Waals surface area (Å²) < 4.78 is 0. The van der Waals surface area contributed by atoms with E-state index in [2.05, 4.69) is 4.98 Å². The van der Waals surface area contributed by atoms with Crippen LogP contribution in [-0.2, 0) is 12.8 Å². The van der Waals surface area contributed by atoms with E-state index in [1.807, 2.05) is 0 Å². The van der Waals surface area contributed by atoms with Crippen LogP contribution >= 0.6 is 23.2 Å². The lowest BCUT2D eigenvalue weighted by atomic mass is 9.97. The van der Waals surface area contributed by atoms with Gasteiger partial charge in [-0.3, -0.25) is 4.98 Å². The average molecular weight is 310 g/mol. The Hall–Kier alpha value is -1.32. The second-order valence-corrected chi connectivity index (χ2v) is 5.82. The number of aromatic carboxylic acids is 1. The van der Waals surface area contributed by atoms with Crippen LogP contribution < -0.4 is 0 Å². The highest BCUT2D eigenvalue weighted by Gasteiger charge is 2.22. The Morgan fingerprint density at radius 3 is 2.65 bits per heavy atom. The van der Waals surface area contributed by atoms with Crippen molar-refractivity contribution in [3.05, 3.63) is 39.0 Å². The van der Waals surface area contributed by atoms with Gasteiger partial charge in [-0.1, -0.05) is 35.7 Å². The summed E-state index contributed by atoms with van der Waals surface area (Å²) in [5.74, 6) is -0.922. The lowest BCUT2D eigenvalue weighted by molar-refractivity contribution is 0.0697. The maximum Gasteiger partial charge on any atom is 0.336 e. The van der Waals surface area contributed by atoms with Crippen LogP contribution in [0.25, 0.3) is 10.9 Å². The Labute approximate surface area is 126 Å². The maximum absolute atomic E-state index is 11.7. The van der Waals surface area contributed by atoms with Gasteiger partial charge >= 0.3 is 5.97 Å². The number of hydrogen-bond acceptors (Lipinski definition) is 2. The first-order chi connectivity index (χ1) is 9.59. The number of fused-ring (bicyclic) bond motifs is 2. The fourth-order valence-corrected chi connectivity index (χ4v) is 3.21. The van der Waals surface area contributed by atoms with Gasteiger partial charge < -0.3 is 5.11 Å². The van der Waals surface area contributed by atoms with Gasteiger partial charge in [0.25, 0.3) is 0 Å². The normalized spacial score (nSPS) is 14.9. The molecule has 0 unspecified atom stereocenters. The minimum absolute atomic E-state index is 0.332. The molecule has 3 nitrogen and oxygen atoms in total. The summed E-state index contributed by atoms with van der Waals surface area (Å²) in [6.45, 7) is 0. The Kier molecular flexibility index (Phi) is 3.57. The molecule has 3 rings (SSSR count). The molecule has 0 spiro atoms. The summed E-state index contributed by atoms with van der Waals surface area (Å²) in [4.78, 5) is 16.3. The summed E-state index contributed by atoms with van der Waals surface area (Å²) in [5.41, 5.74) is 2.56. The molecule has 2 aromatic rings. The van der Waals surface area contributed by atoms with Crippen LogP contribution in [0.1, 0.15) is 40.9 Å². The third-order valence-corrected chi connectivity index (χ3v) is 4.58. The molecular formula is C15H13Cl2NO2. The van der Waals surface area contributed by atoms with Crippen molar-refractivity contribution < 1.29 is 9.90 Å². The lowest BCUT2D eigenvalue weighted by Crippen LogP contribution is -2.09. The molecule has 1 aliphatic rings. The molecule has 0 amide bonds. The number of pyridine rings is 1. The van der Waals surface area contributed by atoms with Crippen molar-refractivity contribution in [1.82, 2.24) is 4.98 Å². The summed E-state index contributed by atoms with van der Waals surface area (Å²) in [5, 5.41) is 10.9. The maximum atomic E-state index is 11.7. The molecule has 5 heteroatoms. The third-order valence-electron chi connectivity index (χ3n) is 3.79. The zero-order valence-corrected chi connectivity index (χ0v) is 12.3. The highest BCUT2D eigenvalue weighted by Crippen LogP contribution is 2.35. The number of carboxylic acids is 1. The Balaban J connectivity index is 2.42. The molecule has 0 bridgehead atoms. The summed E-state index contributed by atoms with van der Waals surface area (Å²) in [6, 6.07) is 3.33. The molecule has 0 aliphatic heterocycles. The van der Waals surface area contributed by atoms with Gasteiger partial charge in [0.2, 0.25) is 0 Å². The largest absolute Gasteiger partial charge is 0.478 e. The Morgan fingerprint density at radius 2 is 1.90 bits per heavy atom. The number of aromatic nitrogens is 1. The van der Waals surface area contributed by atoms with Crippen LogP contribution in [0.2, 0.25) is 10.0 Å². The van der Waals surface area contributed by atoms with Gasteiger partial charge in [0.05, 0.1) is 21.1 Å². The van der Waals surface area contributed by atoms with Crippen molar-refractivity contribution in [2.75, 3.05) is 0 Å². The predicted octanol–water partition coefficient (Wildman–Crippen LogP) is 4.51. The zero-order valence-electron chi connectivity index (χ0n) is 10.7. The van der Waals surface area contributed by atoms with Crippen LogP contribution in [0.3, 0.4) is 0 Å². The number of hydrogen-bond donors (Lipinski definition) is 1. The molecule has 1 aliphatic carbocycles. The molecule has 1 aromatic carbocycles. The highest BCUT2D eigenvalue weighted by atomic mass is 35.5. The van der Waals surface area contributed by atoms with Gasteiger partial charge in [0.1, 0.15) is 0 Å². The highest BCUT2D eigenvalue weighted by molar-refractivity contribution is 6.45. The molecule has 20 heavy (non-hydrogen) atoms. The first kappa shape index (κ1) is 13.7. The van der Waals surface area contributed by atoms with E-state index in [1.54, 1.807) is 12.1 Å². The second-order valence-electron chi connectivity index (χ2n) is 5.04. The topological polar surface area (TPSA) is 50.2 Å². The molecule has 0 fully saturated rings. The molecule has 0 saturated carbocycles. The predicted molar refractivity (Wildman–Crippen MR) is 80.0 cm³/mol. The van der Waals surface area contributed by atoms with Crippen molar-refractivity contribution in [2.24, 2.45) is 0 Å². The monoisotopic (exact) mass is 309 g/mol. The zero-order chi connectivity index (χ0) is 14.3. The van der Waals surface area contributed by atoms with E-state index in [0.29, 0.717) is 26.5 Å². The van der Waals surface area contributed by atoms with E-state index < -0.39 is 5.97 Å². The van der Waals surface area contributed by atoms with E-state index >= 15 is 0 Å². The quantitative estimate of drug-likeness (QED) is 0.788. The van der Waals surface area contributed by atoms with E-state index in [9.17, 15) is 9.90 Å². The first-order valence-corrected chi connectivity index (χ1v) is 7.38. The number of benzene rings is 1. The number of nitrogens with zero attached hydrogens (tertiary/aromatic N) is 1. The number of carbonyl (C=O) groups is 1. The smallest absolute Gasteiger partial charge is 0.336 e. The lowest BCUT2D eigenvalue weighted by Gasteiger charge is -2.13. The van der Waals surface area contributed by atoms with Crippen LogP contribution in [0.5, 0.6) is 0 Å². The van der Waals surface area contributed by atoms with Crippen molar-refractivity contribution in [1.29, 1.82) is 0 Å². The van der Waals surface area contributed by atoms with E-state index in [-0.39, 0.29) is 0 Å². The van der Waals surface area contributed by atoms with Gasteiger partial charge in [0.15, 0.2) is 0 Å². The fraction of sp³-hybridized carbons (Fsp3) is 0.333. The molecule has 1 N–H and O–H groups in total. The molecular weight excluding hydrogens is 297 g/mol. The number of rotatable bonds is 1. The van der Waals surface area contributed by atoms with Gasteiger partial charge in [-0.25, -0.2) is 4.79 Å². The van der Waals surface area contributed by atoms with Crippen LogP contribution in [0.4, 0.5) is 0 Å². The van der Waals surface area contributed by atoms with Crippen molar-refractivity contribution in [3.63, 3.8) is 0 Å². The number of aryl methyl sites for hydroxylation is 1. The van der Waals surface area contributed by atoms with E-state index in [4.69, 9.17) is 23.2 Å². The SMILES string of the molecule is O=C(O)c1c2c(nc3c(Cl)c(Cl)ccc13)CCCCC2. The molecule has 1 heterocycles. The van der Waals surface area contributed by atoms with Crippen LogP contribution in [0, 0.1) is 0 Å². The molecule has 1 aromatic heterocycles. The standard InChI is InChI=1S/C15H13Cl2NO2/c16-10-7-6-9-12(15(19)20)8-4-2-1-3-5-11(8)18-14(9)13(10)17/h6-7H,1-5H2,(H,19,20). The van der Waals surface area contributed by atoms with Crippen molar-refractivity contribution in [2.45, 2.75) is 32.1 Å². The summed E-state index contributed by atoms with van der Waals surface area (Å²) in [6.07, 6.45) is 4.69. The third kappa shape index (κ3) is 2.15. The number of carboxylic acid groups (broad SMARTS) is 1. The fourth-order valence-electron chi connectivity index (χ4n) is 2.85. The average Bonchev–Trinajstić information content (AvgIpc) is 2.65. The first-order valence-electron chi connectivity index (χ1n) is 6.62. The molecule has 0 radical (unpaired) electrons.